The molecule has 2 nitrogen and oxygen atoms in total. The van der Waals surface area contributed by atoms with Crippen molar-refractivity contribution in [3.8, 4) is 11.8 Å². The standard InChI is InChI=1S/C22H19NO/c1-2-7-18(8-3-1)12-13-22-21-11-5-4-9-19(21)14-15-23(22)17-20-10-6-16-24-20/h1-11,16,22H,14-15,17H2/t22-/m0/s1. The normalized spacial score (nSPS) is 16.9. The van der Waals surface area contributed by atoms with Gasteiger partial charge in [-0.25, -0.2) is 0 Å². The van der Waals surface area contributed by atoms with Crippen LogP contribution in [0.15, 0.2) is 77.4 Å². The number of nitrogens with zero attached hydrogens (tertiary/aromatic N) is 1. The summed E-state index contributed by atoms with van der Waals surface area (Å²) in [4.78, 5) is 2.40. The van der Waals surface area contributed by atoms with Gasteiger partial charge in [-0.15, -0.1) is 0 Å². The second-order valence-electron chi connectivity index (χ2n) is 6.04. The fourth-order valence-corrected chi connectivity index (χ4v) is 3.23. The Hall–Kier alpha value is -2.76. The topological polar surface area (TPSA) is 16.4 Å². The molecule has 0 spiro atoms. The van der Waals surface area contributed by atoms with Gasteiger partial charge >= 0.3 is 0 Å². The van der Waals surface area contributed by atoms with Crippen molar-refractivity contribution in [3.05, 3.63) is 95.4 Å². The predicted octanol–water partition coefficient (Wildman–Crippen LogP) is 4.43. The first kappa shape index (κ1) is 14.8. The second-order valence-corrected chi connectivity index (χ2v) is 6.04. The average molecular weight is 313 g/mol. The largest absolute Gasteiger partial charge is 0.468 e. The summed E-state index contributed by atoms with van der Waals surface area (Å²) in [5, 5.41) is 0. The average Bonchev–Trinajstić information content (AvgIpc) is 3.15. The molecule has 0 bridgehead atoms. The highest BCUT2D eigenvalue weighted by molar-refractivity contribution is 5.41. The number of furan rings is 1. The van der Waals surface area contributed by atoms with Crippen LogP contribution < -0.4 is 0 Å². The Bertz CT molecular complexity index is 856. The Morgan fingerprint density at radius 1 is 0.958 bits per heavy atom. The molecule has 24 heavy (non-hydrogen) atoms. The van der Waals surface area contributed by atoms with E-state index in [2.05, 4.69) is 53.1 Å². The molecule has 1 aliphatic rings. The van der Waals surface area contributed by atoms with Gasteiger partial charge < -0.3 is 4.42 Å². The van der Waals surface area contributed by atoms with Crippen molar-refractivity contribution in [2.24, 2.45) is 0 Å². The number of hydrogen-bond acceptors (Lipinski definition) is 2. The van der Waals surface area contributed by atoms with Crippen LogP contribution >= 0.6 is 0 Å². The van der Waals surface area contributed by atoms with E-state index < -0.39 is 0 Å². The maximum Gasteiger partial charge on any atom is 0.117 e. The lowest BCUT2D eigenvalue weighted by atomic mass is 9.92. The Labute approximate surface area is 142 Å². The fourth-order valence-electron chi connectivity index (χ4n) is 3.23. The molecule has 1 atom stereocenters. The Kier molecular flexibility index (Phi) is 4.18. The summed E-state index contributed by atoms with van der Waals surface area (Å²) in [6.45, 7) is 1.78. The van der Waals surface area contributed by atoms with E-state index in [1.54, 1.807) is 6.26 Å². The van der Waals surface area contributed by atoms with E-state index in [0.29, 0.717) is 0 Å². The zero-order valence-corrected chi connectivity index (χ0v) is 13.5. The molecule has 118 valence electrons. The summed E-state index contributed by atoms with van der Waals surface area (Å²) < 4.78 is 5.55. The zero-order valence-electron chi connectivity index (χ0n) is 13.5. The van der Waals surface area contributed by atoms with Crippen molar-refractivity contribution in [2.45, 2.75) is 19.0 Å². The van der Waals surface area contributed by atoms with E-state index in [-0.39, 0.29) is 6.04 Å². The Morgan fingerprint density at radius 2 is 1.79 bits per heavy atom. The lowest BCUT2D eigenvalue weighted by Crippen LogP contribution is -2.34. The fraction of sp³-hybridized carbons (Fsp3) is 0.182. The van der Waals surface area contributed by atoms with Gasteiger partial charge in [-0.1, -0.05) is 54.3 Å². The van der Waals surface area contributed by atoms with Gasteiger partial charge in [0.1, 0.15) is 5.76 Å². The molecule has 1 aromatic heterocycles. The third-order valence-corrected chi connectivity index (χ3v) is 4.45. The number of rotatable bonds is 2. The maximum atomic E-state index is 5.55. The highest BCUT2D eigenvalue weighted by Crippen LogP contribution is 2.30. The van der Waals surface area contributed by atoms with Crippen molar-refractivity contribution in [2.75, 3.05) is 6.54 Å². The summed E-state index contributed by atoms with van der Waals surface area (Å²) in [5.74, 6) is 7.82. The molecule has 0 unspecified atom stereocenters. The van der Waals surface area contributed by atoms with Gasteiger partial charge in [0.25, 0.3) is 0 Å². The third-order valence-electron chi connectivity index (χ3n) is 4.45. The Morgan fingerprint density at radius 3 is 2.62 bits per heavy atom. The molecule has 3 aromatic rings. The molecule has 0 saturated carbocycles. The minimum atomic E-state index is 0.0975. The molecule has 0 saturated heterocycles. The van der Waals surface area contributed by atoms with E-state index in [1.165, 1.54) is 11.1 Å². The van der Waals surface area contributed by atoms with Gasteiger partial charge in [-0.2, -0.15) is 0 Å². The van der Waals surface area contributed by atoms with Crippen LogP contribution in [0.4, 0.5) is 0 Å². The minimum Gasteiger partial charge on any atom is -0.468 e. The summed E-state index contributed by atoms with van der Waals surface area (Å²) in [6, 6.07) is 22.9. The van der Waals surface area contributed by atoms with Crippen LogP contribution in [0, 0.1) is 11.8 Å². The minimum absolute atomic E-state index is 0.0975. The molecule has 2 heterocycles. The molecule has 2 aromatic carbocycles. The molecule has 0 N–H and O–H groups in total. The molecular weight excluding hydrogens is 294 g/mol. The van der Waals surface area contributed by atoms with Crippen LogP contribution in [0.3, 0.4) is 0 Å². The maximum absolute atomic E-state index is 5.55. The molecule has 0 aliphatic carbocycles. The zero-order chi connectivity index (χ0) is 16.2. The van der Waals surface area contributed by atoms with E-state index >= 15 is 0 Å². The van der Waals surface area contributed by atoms with Crippen LogP contribution in [0.25, 0.3) is 0 Å². The number of benzene rings is 2. The quantitative estimate of drug-likeness (QED) is 0.651. The van der Waals surface area contributed by atoms with Crippen molar-refractivity contribution in [1.29, 1.82) is 0 Å². The lowest BCUT2D eigenvalue weighted by molar-refractivity contribution is 0.200. The molecule has 4 rings (SSSR count). The van der Waals surface area contributed by atoms with Crippen LogP contribution in [0.5, 0.6) is 0 Å². The molecule has 2 heteroatoms. The molecular formula is C22H19NO. The van der Waals surface area contributed by atoms with Gasteiger partial charge in [0.2, 0.25) is 0 Å². The van der Waals surface area contributed by atoms with Crippen molar-refractivity contribution < 1.29 is 4.42 Å². The van der Waals surface area contributed by atoms with Gasteiger partial charge in [-0.3, -0.25) is 4.90 Å². The second kappa shape index (κ2) is 6.78. The summed E-state index contributed by atoms with van der Waals surface area (Å²) >= 11 is 0. The number of hydrogen-bond donors (Lipinski definition) is 0. The lowest BCUT2D eigenvalue weighted by Gasteiger charge is -2.33. The van der Waals surface area contributed by atoms with Crippen LogP contribution in [-0.2, 0) is 13.0 Å². The number of fused-ring (bicyclic) bond motifs is 1. The van der Waals surface area contributed by atoms with Crippen molar-refractivity contribution in [3.63, 3.8) is 0 Å². The van der Waals surface area contributed by atoms with Gasteiger partial charge in [0, 0.05) is 12.1 Å². The van der Waals surface area contributed by atoms with E-state index in [4.69, 9.17) is 4.42 Å². The molecule has 0 radical (unpaired) electrons. The monoisotopic (exact) mass is 313 g/mol. The van der Waals surface area contributed by atoms with E-state index in [1.807, 2.05) is 30.3 Å². The summed E-state index contributed by atoms with van der Waals surface area (Å²) in [6.07, 6.45) is 2.79. The van der Waals surface area contributed by atoms with Gasteiger partial charge in [-0.05, 0) is 41.8 Å². The van der Waals surface area contributed by atoms with Crippen LogP contribution in [-0.4, -0.2) is 11.4 Å². The highest BCUT2D eigenvalue weighted by Gasteiger charge is 2.26. The summed E-state index contributed by atoms with van der Waals surface area (Å²) in [7, 11) is 0. The van der Waals surface area contributed by atoms with Crippen molar-refractivity contribution in [1.82, 2.24) is 4.90 Å². The van der Waals surface area contributed by atoms with Crippen molar-refractivity contribution >= 4 is 0 Å². The van der Waals surface area contributed by atoms with Crippen LogP contribution in [0.2, 0.25) is 0 Å². The SMILES string of the molecule is C(#C[C@H]1c2ccccc2CCN1Cc1ccco1)c1ccccc1. The first-order valence-electron chi connectivity index (χ1n) is 8.31. The van der Waals surface area contributed by atoms with E-state index in [0.717, 1.165) is 30.8 Å². The van der Waals surface area contributed by atoms with Gasteiger partial charge in [0.15, 0.2) is 0 Å². The molecule has 0 amide bonds. The molecule has 0 fully saturated rings. The smallest absolute Gasteiger partial charge is 0.117 e. The summed E-state index contributed by atoms with van der Waals surface area (Å²) in [5.41, 5.74) is 3.78. The van der Waals surface area contributed by atoms with Crippen LogP contribution in [0.1, 0.15) is 28.5 Å². The van der Waals surface area contributed by atoms with Gasteiger partial charge in [0.05, 0.1) is 18.8 Å². The third kappa shape index (κ3) is 3.13. The molecule has 1 aliphatic heterocycles. The first-order valence-corrected chi connectivity index (χ1v) is 8.31. The predicted molar refractivity (Wildman–Crippen MR) is 95.3 cm³/mol. The first-order chi connectivity index (χ1) is 11.9. The Balaban J connectivity index is 1.68. The highest BCUT2D eigenvalue weighted by atomic mass is 16.3. The van der Waals surface area contributed by atoms with E-state index in [9.17, 15) is 0 Å².